The second-order valence-electron chi connectivity index (χ2n) is 7.68. The number of nitrogens with zero attached hydrogens (tertiary/aromatic N) is 2. The number of nitrogens with two attached hydrogens (primary N) is 1. The molecule has 2 rings (SSSR count). The highest BCUT2D eigenvalue weighted by Gasteiger charge is 2.37. The third-order valence-corrected chi connectivity index (χ3v) is 5.48. The zero-order chi connectivity index (χ0) is 15.1. The zero-order valence-electron chi connectivity index (χ0n) is 14.0. The minimum atomic E-state index is 0.378. The lowest BCUT2D eigenvalue weighted by molar-refractivity contribution is 0.0983. The van der Waals surface area contributed by atoms with Gasteiger partial charge < -0.3 is 5.73 Å². The largest absolute Gasteiger partial charge is 0.330 e. The molecular formula is C17H31N3. The minimum absolute atomic E-state index is 0.378. The van der Waals surface area contributed by atoms with E-state index in [9.17, 15) is 0 Å². The van der Waals surface area contributed by atoms with E-state index in [4.69, 9.17) is 10.8 Å². The van der Waals surface area contributed by atoms with Crippen LogP contribution >= 0.6 is 0 Å². The van der Waals surface area contributed by atoms with E-state index in [1.807, 2.05) is 0 Å². The number of hydrogen-bond acceptors (Lipinski definition) is 2. The summed E-state index contributed by atoms with van der Waals surface area (Å²) in [5, 5.41) is 4.81. The summed E-state index contributed by atoms with van der Waals surface area (Å²) in [7, 11) is 0. The van der Waals surface area contributed by atoms with Gasteiger partial charge in [0.25, 0.3) is 0 Å². The molecule has 1 aliphatic rings. The maximum absolute atomic E-state index is 6.04. The normalized spacial score (nSPS) is 27.9. The van der Waals surface area contributed by atoms with Crippen LogP contribution in [0.1, 0.15) is 63.0 Å². The Morgan fingerprint density at radius 2 is 1.85 bits per heavy atom. The number of aromatic nitrogens is 2. The molecule has 114 valence electrons. The van der Waals surface area contributed by atoms with Crippen molar-refractivity contribution in [3.8, 4) is 0 Å². The van der Waals surface area contributed by atoms with Crippen molar-refractivity contribution in [1.29, 1.82) is 0 Å². The van der Waals surface area contributed by atoms with Crippen molar-refractivity contribution in [3.63, 3.8) is 0 Å². The van der Waals surface area contributed by atoms with E-state index in [0.29, 0.717) is 17.4 Å². The maximum Gasteiger partial charge on any atom is 0.0625 e. The first-order valence-corrected chi connectivity index (χ1v) is 7.98. The monoisotopic (exact) mass is 277 g/mol. The Balaban J connectivity index is 2.32. The van der Waals surface area contributed by atoms with Crippen molar-refractivity contribution in [3.05, 3.63) is 17.0 Å². The van der Waals surface area contributed by atoms with Crippen molar-refractivity contribution < 1.29 is 0 Å². The molecule has 3 atom stereocenters. The van der Waals surface area contributed by atoms with Gasteiger partial charge in [-0.1, -0.05) is 20.8 Å². The van der Waals surface area contributed by atoms with Gasteiger partial charge in [-0.2, -0.15) is 5.10 Å². The van der Waals surface area contributed by atoms with Gasteiger partial charge in [0.05, 0.1) is 11.7 Å². The zero-order valence-corrected chi connectivity index (χ0v) is 14.0. The summed E-state index contributed by atoms with van der Waals surface area (Å²) in [5.41, 5.74) is 10.2. The Labute approximate surface area is 123 Å². The average molecular weight is 277 g/mol. The smallest absolute Gasteiger partial charge is 0.0625 e. The average Bonchev–Trinajstić information content (AvgIpc) is 2.64. The molecular weight excluding hydrogens is 246 g/mol. The first kappa shape index (κ1) is 15.6. The van der Waals surface area contributed by atoms with Crippen molar-refractivity contribution in [2.24, 2.45) is 23.0 Å². The SMILES string of the molecule is Cc1nn(C2CC(C(C)(C)C)CCC2CN)c(C)c1C. The highest BCUT2D eigenvalue weighted by atomic mass is 15.3. The molecule has 0 bridgehead atoms. The van der Waals surface area contributed by atoms with Crippen molar-refractivity contribution >= 4 is 0 Å². The quantitative estimate of drug-likeness (QED) is 0.894. The van der Waals surface area contributed by atoms with Crippen molar-refractivity contribution in [2.45, 2.75) is 66.8 Å². The van der Waals surface area contributed by atoms with Crippen LogP contribution in [0.25, 0.3) is 0 Å². The number of hydrogen-bond donors (Lipinski definition) is 1. The van der Waals surface area contributed by atoms with Crippen LogP contribution in [0.2, 0.25) is 0 Å². The van der Waals surface area contributed by atoms with Crippen LogP contribution in [0, 0.1) is 38.0 Å². The first-order chi connectivity index (χ1) is 9.25. The molecule has 2 N–H and O–H groups in total. The molecule has 0 radical (unpaired) electrons. The molecule has 0 saturated heterocycles. The van der Waals surface area contributed by atoms with E-state index >= 15 is 0 Å². The molecule has 0 amide bonds. The highest BCUT2D eigenvalue weighted by Crippen LogP contribution is 2.44. The molecule has 3 unspecified atom stereocenters. The number of aryl methyl sites for hydroxylation is 1. The van der Waals surface area contributed by atoms with Gasteiger partial charge in [-0.15, -0.1) is 0 Å². The Bertz CT molecular complexity index is 467. The van der Waals surface area contributed by atoms with E-state index in [2.05, 4.69) is 46.2 Å². The molecule has 1 fully saturated rings. The topological polar surface area (TPSA) is 43.8 Å². The predicted octanol–water partition coefficient (Wildman–Crippen LogP) is 3.77. The molecule has 1 aromatic rings. The van der Waals surface area contributed by atoms with Gasteiger partial charge in [-0.3, -0.25) is 4.68 Å². The van der Waals surface area contributed by atoms with Gasteiger partial charge >= 0.3 is 0 Å². The van der Waals surface area contributed by atoms with Crippen molar-refractivity contribution in [2.75, 3.05) is 6.54 Å². The maximum atomic E-state index is 6.04. The molecule has 0 spiro atoms. The predicted molar refractivity (Wildman–Crippen MR) is 84.8 cm³/mol. The summed E-state index contributed by atoms with van der Waals surface area (Å²) >= 11 is 0. The Hall–Kier alpha value is -0.830. The van der Waals surface area contributed by atoms with Crippen molar-refractivity contribution in [1.82, 2.24) is 9.78 Å². The third kappa shape index (κ3) is 2.78. The van der Waals surface area contributed by atoms with Crippen LogP contribution < -0.4 is 5.73 Å². The summed E-state index contributed by atoms with van der Waals surface area (Å²) in [6, 6.07) is 0.477. The second kappa shape index (κ2) is 5.51. The van der Waals surface area contributed by atoms with Gasteiger partial charge in [-0.25, -0.2) is 0 Å². The van der Waals surface area contributed by atoms with Crippen LogP contribution in [0.15, 0.2) is 0 Å². The van der Waals surface area contributed by atoms with Gasteiger partial charge in [0.1, 0.15) is 0 Å². The van der Waals surface area contributed by atoms with Gasteiger partial charge in [0.2, 0.25) is 0 Å². The standard InChI is InChI=1S/C17H31N3/c1-11-12(2)19-20(13(11)3)16-9-15(17(4,5)6)8-7-14(16)10-18/h14-16H,7-10,18H2,1-6H3. The minimum Gasteiger partial charge on any atom is -0.330 e. The molecule has 1 heterocycles. The Kier molecular flexibility index (Phi) is 4.29. The van der Waals surface area contributed by atoms with Crippen LogP contribution in [-0.2, 0) is 0 Å². The second-order valence-corrected chi connectivity index (χ2v) is 7.68. The van der Waals surface area contributed by atoms with E-state index in [1.165, 1.54) is 30.5 Å². The molecule has 0 aliphatic heterocycles. The van der Waals surface area contributed by atoms with Gasteiger partial charge in [0.15, 0.2) is 0 Å². The molecule has 3 nitrogen and oxygen atoms in total. The van der Waals surface area contributed by atoms with Crippen LogP contribution in [-0.4, -0.2) is 16.3 Å². The Morgan fingerprint density at radius 1 is 1.20 bits per heavy atom. The molecule has 1 aromatic heterocycles. The van der Waals surface area contributed by atoms with E-state index in [1.54, 1.807) is 0 Å². The summed E-state index contributed by atoms with van der Waals surface area (Å²) in [6.07, 6.45) is 3.76. The van der Waals surface area contributed by atoms with Crippen LogP contribution in [0.3, 0.4) is 0 Å². The molecule has 0 aromatic carbocycles. The lowest BCUT2D eigenvalue weighted by Gasteiger charge is -2.42. The fourth-order valence-corrected chi connectivity index (χ4v) is 3.64. The van der Waals surface area contributed by atoms with Crippen LogP contribution in [0.5, 0.6) is 0 Å². The molecule has 3 heteroatoms. The third-order valence-electron chi connectivity index (χ3n) is 5.48. The lowest BCUT2D eigenvalue weighted by Crippen LogP contribution is -2.37. The highest BCUT2D eigenvalue weighted by molar-refractivity contribution is 5.23. The van der Waals surface area contributed by atoms with E-state index in [0.717, 1.165) is 18.2 Å². The summed E-state index contributed by atoms with van der Waals surface area (Å²) in [4.78, 5) is 0. The van der Waals surface area contributed by atoms with Gasteiger partial charge in [0, 0.05) is 5.69 Å². The fraction of sp³-hybridized carbons (Fsp3) is 0.824. The van der Waals surface area contributed by atoms with E-state index < -0.39 is 0 Å². The fourth-order valence-electron chi connectivity index (χ4n) is 3.64. The molecule has 1 saturated carbocycles. The van der Waals surface area contributed by atoms with Gasteiger partial charge in [-0.05, 0) is 69.4 Å². The number of rotatable bonds is 2. The lowest BCUT2D eigenvalue weighted by atomic mass is 9.68. The summed E-state index contributed by atoms with van der Waals surface area (Å²) < 4.78 is 2.28. The Morgan fingerprint density at radius 3 is 2.30 bits per heavy atom. The van der Waals surface area contributed by atoms with E-state index in [-0.39, 0.29) is 0 Å². The molecule has 1 aliphatic carbocycles. The summed E-state index contributed by atoms with van der Waals surface area (Å²) in [5.74, 6) is 1.34. The molecule has 20 heavy (non-hydrogen) atoms. The summed E-state index contributed by atoms with van der Waals surface area (Å²) in [6.45, 7) is 14.4. The van der Waals surface area contributed by atoms with Crippen LogP contribution in [0.4, 0.5) is 0 Å². The first-order valence-electron chi connectivity index (χ1n) is 7.98.